The predicted molar refractivity (Wildman–Crippen MR) is 106 cm³/mol. The number of morpholine rings is 1. The summed E-state index contributed by atoms with van der Waals surface area (Å²) >= 11 is 5.97. The van der Waals surface area contributed by atoms with Gasteiger partial charge in [0.2, 0.25) is 5.91 Å². The van der Waals surface area contributed by atoms with Gasteiger partial charge in [-0.3, -0.25) is 9.78 Å². The maximum atomic E-state index is 15.2. The maximum absolute atomic E-state index is 15.2. The molecule has 3 aliphatic rings. The molecule has 0 spiro atoms. The van der Waals surface area contributed by atoms with Crippen LogP contribution in [-0.2, 0) is 9.53 Å². The fraction of sp³-hybridized carbons (Fsp3) is 0.550. The molecule has 3 fully saturated rings. The Labute approximate surface area is 177 Å². The molecule has 0 saturated carbocycles. The van der Waals surface area contributed by atoms with Crippen LogP contribution in [0.5, 0.6) is 0 Å². The van der Waals surface area contributed by atoms with Gasteiger partial charge in [0.25, 0.3) is 5.92 Å². The third-order valence-corrected chi connectivity index (χ3v) is 6.50. The number of carbonyl (C=O) groups excluding carboxylic acids is 1. The molecule has 30 heavy (non-hydrogen) atoms. The van der Waals surface area contributed by atoms with E-state index in [0.717, 1.165) is 12.8 Å². The Hall–Kier alpha value is -2.26. The summed E-state index contributed by atoms with van der Waals surface area (Å²) < 4.78 is 37.5. The van der Waals surface area contributed by atoms with Crippen molar-refractivity contribution in [2.75, 3.05) is 31.2 Å². The number of anilines is 1. The van der Waals surface area contributed by atoms with Crippen molar-refractivity contribution in [2.45, 2.75) is 37.3 Å². The Kier molecular flexibility index (Phi) is 4.89. The number of aromatic nitrogens is 3. The van der Waals surface area contributed by atoms with Crippen LogP contribution in [0.2, 0.25) is 5.02 Å². The molecular weight excluding hydrogens is 416 g/mol. The van der Waals surface area contributed by atoms with Crippen LogP contribution in [0, 0.1) is 5.92 Å². The van der Waals surface area contributed by atoms with Crippen LogP contribution < -0.4 is 4.90 Å². The molecule has 0 aromatic carbocycles. The Morgan fingerprint density at radius 3 is 2.60 bits per heavy atom. The summed E-state index contributed by atoms with van der Waals surface area (Å²) in [7, 11) is 0. The Morgan fingerprint density at radius 2 is 1.93 bits per heavy atom. The molecule has 160 valence electrons. The van der Waals surface area contributed by atoms with Crippen LogP contribution in [0.15, 0.2) is 30.9 Å². The zero-order chi connectivity index (χ0) is 20.9. The van der Waals surface area contributed by atoms with Gasteiger partial charge in [-0.05, 0) is 25.3 Å². The number of amides is 1. The summed E-state index contributed by atoms with van der Waals surface area (Å²) in [6, 6.07) is 1.57. The van der Waals surface area contributed by atoms with Crippen molar-refractivity contribution in [1.29, 1.82) is 0 Å². The molecule has 5 heterocycles. The van der Waals surface area contributed by atoms with Crippen LogP contribution in [0.25, 0.3) is 5.69 Å². The minimum atomic E-state index is -3.15. The normalized spacial score (nSPS) is 28.0. The highest BCUT2D eigenvalue weighted by molar-refractivity contribution is 6.30. The second-order valence-corrected chi connectivity index (χ2v) is 8.60. The maximum Gasteiger partial charge on any atom is 0.276 e. The fourth-order valence-corrected chi connectivity index (χ4v) is 5.00. The summed E-state index contributed by atoms with van der Waals surface area (Å²) in [5, 5.41) is 4.63. The van der Waals surface area contributed by atoms with Crippen LogP contribution in [0.1, 0.15) is 19.3 Å². The second-order valence-electron chi connectivity index (χ2n) is 8.16. The van der Waals surface area contributed by atoms with Gasteiger partial charge in [-0.1, -0.05) is 11.6 Å². The number of alkyl halides is 2. The van der Waals surface area contributed by atoms with Gasteiger partial charge >= 0.3 is 0 Å². The highest BCUT2D eigenvalue weighted by Gasteiger charge is 2.53. The lowest BCUT2D eigenvalue weighted by Gasteiger charge is -2.43. The minimum Gasteiger partial charge on any atom is -0.377 e. The molecule has 3 saturated heterocycles. The SMILES string of the molecule is O=C(C1CCN(c2cnccc2-n2cc(Cl)cn2)CC1(F)F)N1C2CCC1COC2. The van der Waals surface area contributed by atoms with Gasteiger partial charge in [0.1, 0.15) is 5.92 Å². The van der Waals surface area contributed by atoms with Gasteiger partial charge < -0.3 is 14.5 Å². The average Bonchev–Trinajstić information content (AvgIpc) is 3.26. The number of nitrogens with zero attached hydrogens (tertiary/aromatic N) is 5. The second kappa shape index (κ2) is 7.46. The van der Waals surface area contributed by atoms with Gasteiger partial charge in [-0.15, -0.1) is 0 Å². The topological polar surface area (TPSA) is 63.5 Å². The smallest absolute Gasteiger partial charge is 0.276 e. The standard InChI is InChI=1S/C20H22ClF2N5O2/c21-13-7-25-27(9-13)17-3-5-24-8-18(17)26-6-4-16(20(22,23)12-26)19(29)28-14-1-2-15(28)11-30-10-14/h3,5,7-9,14-16H,1-2,4,6,10-12H2. The first-order valence-electron chi connectivity index (χ1n) is 10.1. The zero-order valence-electron chi connectivity index (χ0n) is 16.3. The third kappa shape index (κ3) is 3.33. The molecular formula is C20H22ClF2N5O2. The largest absolute Gasteiger partial charge is 0.377 e. The molecule has 5 rings (SSSR count). The average molecular weight is 438 g/mol. The third-order valence-electron chi connectivity index (χ3n) is 6.31. The van der Waals surface area contributed by atoms with E-state index in [1.165, 1.54) is 6.20 Å². The molecule has 10 heteroatoms. The first kappa shape index (κ1) is 19.7. The van der Waals surface area contributed by atoms with E-state index in [0.29, 0.717) is 36.2 Å². The molecule has 0 N–H and O–H groups in total. The van der Waals surface area contributed by atoms with E-state index in [1.54, 1.807) is 39.1 Å². The monoisotopic (exact) mass is 437 g/mol. The lowest BCUT2D eigenvalue weighted by Crippen LogP contribution is -2.58. The van der Waals surface area contributed by atoms with Gasteiger partial charge in [0.05, 0.1) is 60.6 Å². The van der Waals surface area contributed by atoms with Crippen molar-refractivity contribution < 1.29 is 18.3 Å². The summed E-state index contributed by atoms with van der Waals surface area (Å²) in [5.74, 6) is -4.89. The number of rotatable bonds is 3. The Balaban J connectivity index is 1.37. The molecule has 3 aliphatic heterocycles. The Morgan fingerprint density at radius 1 is 1.17 bits per heavy atom. The number of pyridine rings is 1. The van der Waals surface area contributed by atoms with Gasteiger partial charge in [0.15, 0.2) is 0 Å². The molecule has 0 radical (unpaired) electrons. The number of hydrogen-bond donors (Lipinski definition) is 0. The number of piperidine rings is 1. The van der Waals surface area contributed by atoms with Crippen LogP contribution >= 0.6 is 11.6 Å². The van der Waals surface area contributed by atoms with E-state index in [-0.39, 0.29) is 18.5 Å². The lowest BCUT2D eigenvalue weighted by molar-refractivity contribution is -0.161. The van der Waals surface area contributed by atoms with Crippen molar-refractivity contribution in [3.8, 4) is 5.69 Å². The predicted octanol–water partition coefficient (Wildman–Crippen LogP) is 2.77. The lowest BCUT2D eigenvalue weighted by atomic mass is 9.90. The highest BCUT2D eigenvalue weighted by atomic mass is 35.5. The number of ether oxygens (including phenoxy) is 1. The van der Waals surface area contributed by atoms with E-state index in [2.05, 4.69) is 10.1 Å². The van der Waals surface area contributed by atoms with Crippen molar-refractivity contribution in [3.63, 3.8) is 0 Å². The summed E-state index contributed by atoms with van der Waals surface area (Å²) in [4.78, 5) is 20.5. The number of halogens is 3. The van der Waals surface area contributed by atoms with Crippen molar-refractivity contribution >= 4 is 23.2 Å². The molecule has 3 unspecified atom stereocenters. The summed E-state index contributed by atoms with van der Waals surface area (Å²) in [6.45, 7) is 0.673. The van der Waals surface area contributed by atoms with E-state index >= 15 is 8.78 Å². The quantitative estimate of drug-likeness (QED) is 0.739. The van der Waals surface area contributed by atoms with E-state index in [4.69, 9.17) is 16.3 Å². The van der Waals surface area contributed by atoms with E-state index in [1.807, 2.05) is 0 Å². The number of carbonyl (C=O) groups is 1. The van der Waals surface area contributed by atoms with Gasteiger partial charge in [-0.2, -0.15) is 5.10 Å². The van der Waals surface area contributed by atoms with Gasteiger partial charge in [-0.25, -0.2) is 13.5 Å². The molecule has 2 aromatic rings. The molecule has 3 atom stereocenters. The highest BCUT2D eigenvalue weighted by Crippen LogP contribution is 2.40. The van der Waals surface area contributed by atoms with Gasteiger partial charge in [0, 0.05) is 18.9 Å². The van der Waals surface area contributed by atoms with Crippen LogP contribution in [-0.4, -0.2) is 69.9 Å². The summed E-state index contributed by atoms with van der Waals surface area (Å²) in [5.41, 5.74) is 1.15. The van der Waals surface area contributed by atoms with E-state index in [9.17, 15) is 4.79 Å². The Bertz CT molecular complexity index is 939. The summed E-state index contributed by atoms with van der Waals surface area (Å²) in [6.07, 6.45) is 7.96. The number of fused-ring (bicyclic) bond motifs is 2. The minimum absolute atomic E-state index is 0.0698. The number of hydrogen-bond acceptors (Lipinski definition) is 5. The molecule has 1 amide bonds. The van der Waals surface area contributed by atoms with Crippen molar-refractivity contribution in [2.24, 2.45) is 5.92 Å². The molecule has 2 bridgehead atoms. The zero-order valence-corrected chi connectivity index (χ0v) is 17.0. The molecule has 0 aliphatic carbocycles. The van der Waals surface area contributed by atoms with Crippen LogP contribution in [0.4, 0.5) is 14.5 Å². The van der Waals surface area contributed by atoms with E-state index < -0.39 is 24.3 Å². The molecule has 2 aromatic heterocycles. The first-order valence-corrected chi connectivity index (χ1v) is 10.5. The van der Waals surface area contributed by atoms with Crippen molar-refractivity contribution in [3.05, 3.63) is 35.9 Å². The van der Waals surface area contributed by atoms with Crippen LogP contribution in [0.3, 0.4) is 0 Å². The molecule has 7 nitrogen and oxygen atoms in total. The first-order chi connectivity index (χ1) is 14.4. The fourth-order valence-electron chi connectivity index (χ4n) is 4.87. The van der Waals surface area contributed by atoms with Crippen molar-refractivity contribution in [1.82, 2.24) is 19.7 Å².